The Morgan fingerprint density at radius 1 is 1.09 bits per heavy atom. The molecule has 0 aliphatic heterocycles. The van der Waals surface area contributed by atoms with Crippen LogP contribution in [0.2, 0.25) is 0 Å². The zero-order valence-electron chi connectivity index (χ0n) is 11.9. The standard InChI is InChI=1S/C15H16N2O4S/c1-2-21-13-7-5-12(6-8-13)17-22(19,20)14-9-3-11(4-10-14)15(16)18/h3-10,17H,2H2,1H3,(H2,16,18). The molecule has 22 heavy (non-hydrogen) atoms. The number of rotatable bonds is 6. The minimum absolute atomic E-state index is 0.0476. The number of hydrogen-bond donors (Lipinski definition) is 2. The fourth-order valence-electron chi connectivity index (χ4n) is 1.80. The Bertz CT molecular complexity index is 753. The maximum absolute atomic E-state index is 12.2. The Balaban J connectivity index is 2.18. The number of sulfonamides is 1. The molecule has 2 aromatic rings. The van der Waals surface area contributed by atoms with Gasteiger partial charge in [-0.3, -0.25) is 9.52 Å². The van der Waals surface area contributed by atoms with Crippen LogP contribution in [0.25, 0.3) is 0 Å². The molecule has 0 spiro atoms. The lowest BCUT2D eigenvalue weighted by molar-refractivity contribution is 0.1000. The summed E-state index contributed by atoms with van der Waals surface area (Å²) in [6, 6.07) is 12.0. The number of carbonyl (C=O) groups is 1. The van der Waals surface area contributed by atoms with Gasteiger partial charge in [0, 0.05) is 11.3 Å². The summed E-state index contributed by atoms with van der Waals surface area (Å²) in [4.78, 5) is 11.0. The molecular weight excluding hydrogens is 304 g/mol. The summed E-state index contributed by atoms with van der Waals surface area (Å²) in [6.07, 6.45) is 0. The maximum Gasteiger partial charge on any atom is 0.261 e. The quantitative estimate of drug-likeness (QED) is 0.850. The number of benzene rings is 2. The first-order chi connectivity index (χ1) is 10.4. The summed E-state index contributed by atoms with van der Waals surface area (Å²) in [5, 5.41) is 0. The Kier molecular flexibility index (Phi) is 4.67. The van der Waals surface area contributed by atoms with E-state index in [0.717, 1.165) is 0 Å². The van der Waals surface area contributed by atoms with Crippen molar-refractivity contribution >= 4 is 21.6 Å². The number of hydrogen-bond acceptors (Lipinski definition) is 4. The van der Waals surface area contributed by atoms with Gasteiger partial charge in [0.25, 0.3) is 10.0 Å². The minimum Gasteiger partial charge on any atom is -0.494 e. The first-order valence-corrected chi connectivity index (χ1v) is 8.06. The van der Waals surface area contributed by atoms with Gasteiger partial charge >= 0.3 is 0 Å². The van der Waals surface area contributed by atoms with Gasteiger partial charge in [0.1, 0.15) is 5.75 Å². The molecule has 2 rings (SSSR count). The van der Waals surface area contributed by atoms with E-state index in [2.05, 4.69) is 4.72 Å². The van der Waals surface area contributed by atoms with Gasteiger partial charge in [-0.25, -0.2) is 8.42 Å². The molecule has 0 unspecified atom stereocenters. The van der Waals surface area contributed by atoms with Gasteiger partial charge in [0.2, 0.25) is 5.91 Å². The predicted octanol–water partition coefficient (Wildman–Crippen LogP) is 1.98. The molecule has 0 radical (unpaired) electrons. The highest BCUT2D eigenvalue weighted by Crippen LogP contribution is 2.19. The fraction of sp³-hybridized carbons (Fsp3) is 0.133. The summed E-state index contributed by atoms with van der Waals surface area (Å²) >= 11 is 0. The van der Waals surface area contributed by atoms with Crippen LogP contribution in [0.1, 0.15) is 17.3 Å². The van der Waals surface area contributed by atoms with Gasteiger partial charge in [0.15, 0.2) is 0 Å². The van der Waals surface area contributed by atoms with Crippen LogP contribution >= 0.6 is 0 Å². The number of carbonyl (C=O) groups excluding carboxylic acids is 1. The third-order valence-electron chi connectivity index (χ3n) is 2.87. The lowest BCUT2D eigenvalue weighted by atomic mass is 10.2. The highest BCUT2D eigenvalue weighted by atomic mass is 32.2. The molecular formula is C15H16N2O4S. The lowest BCUT2D eigenvalue weighted by Gasteiger charge is -2.09. The van der Waals surface area contributed by atoms with Crippen molar-refractivity contribution in [3.05, 3.63) is 54.1 Å². The molecule has 7 heteroatoms. The molecule has 0 saturated heterocycles. The molecule has 116 valence electrons. The van der Waals surface area contributed by atoms with Crippen LogP contribution in [0.4, 0.5) is 5.69 Å². The third kappa shape index (κ3) is 3.76. The lowest BCUT2D eigenvalue weighted by Crippen LogP contribution is -2.14. The van der Waals surface area contributed by atoms with E-state index in [-0.39, 0.29) is 10.5 Å². The second-order valence-electron chi connectivity index (χ2n) is 4.45. The van der Waals surface area contributed by atoms with Crippen LogP contribution in [0.15, 0.2) is 53.4 Å². The summed E-state index contributed by atoms with van der Waals surface area (Å²) in [5.41, 5.74) is 5.79. The zero-order chi connectivity index (χ0) is 16.2. The van der Waals surface area contributed by atoms with Crippen molar-refractivity contribution in [2.75, 3.05) is 11.3 Å². The van der Waals surface area contributed by atoms with Crippen LogP contribution in [0.3, 0.4) is 0 Å². The molecule has 3 N–H and O–H groups in total. The molecule has 0 saturated carbocycles. The van der Waals surface area contributed by atoms with Crippen molar-refractivity contribution in [1.29, 1.82) is 0 Å². The predicted molar refractivity (Wildman–Crippen MR) is 83.4 cm³/mol. The maximum atomic E-state index is 12.2. The summed E-state index contributed by atoms with van der Waals surface area (Å²) in [6.45, 7) is 2.41. The topological polar surface area (TPSA) is 98.5 Å². The average Bonchev–Trinajstić information content (AvgIpc) is 2.49. The molecule has 0 bridgehead atoms. The molecule has 0 aromatic heterocycles. The Morgan fingerprint density at radius 2 is 1.68 bits per heavy atom. The fourth-order valence-corrected chi connectivity index (χ4v) is 2.86. The van der Waals surface area contributed by atoms with E-state index in [1.165, 1.54) is 24.3 Å². The SMILES string of the molecule is CCOc1ccc(NS(=O)(=O)c2ccc(C(N)=O)cc2)cc1. The molecule has 0 aliphatic rings. The number of nitrogens with two attached hydrogens (primary N) is 1. The van der Waals surface area contributed by atoms with Gasteiger partial charge in [-0.2, -0.15) is 0 Å². The second kappa shape index (κ2) is 6.48. The first kappa shape index (κ1) is 15.8. The smallest absolute Gasteiger partial charge is 0.261 e. The first-order valence-electron chi connectivity index (χ1n) is 6.58. The molecule has 6 nitrogen and oxygen atoms in total. The van der Waals surface area contributed by atoms with E-state index in [4.69, 9.17) is 10.5 Å². The van der Waals surface area contributed by atoms with E-state index in [9.17, 15) is 13.2 Å². The normalized spacial score (nSPS) is 11.0. The van der Waals surface area contributed by atoms with Crippen molar-refractivity contribution in [2.24, 2.45) is 5.73 Å². The molecule has 0 atom stereocenters. The van der Waals surface area contributed by atoms with Gasteiger partial charge in [-0.05, 0) is 55.5 Å². The second-order valence-corrected chi connectivity index (χ2v) is 6.13. The Labute approximate surface area is 129 Å². The molecule has 0 heterocycles. The van der Waals surface area contributed by atoms with Crippen LogP contribution in [-0.4, -0.2) is 20.9 Å². The van der Waals surface area contributed by atoms with E-state index in [1.54, 1.807) is 24.3 Å². The van der Waals surface area contributed by atoms with Gasteiger partial charge in [0.05, 0.1) is 11.5 Å². The molecule has 0 fully saturated rings. The van der Waals surface area contributed by atoms with Crippen LogP contribution < -0.4 is 15.2 Å². The molecule has 0 aliphatic carbocycles. The van der Waals surface area contributed by atoms with Crippen molar-refractivity contribution in [3.63, 3.8) is 0 Å². The van der Waals surface area contributed by atoms with E-state index in [0.29, 0.717) is 18.0 Å². The third-order valence-corrected chi connectivity index (χ3v) is 4.26. The highest BCUT2D eigenvalue weighted by molar-refractivity contribution is 7.92. The Morgan fingerprint density at radius 3 is 2.18 bits per heavy atom. The summed E-state index contributed by atoms with van der Waals surface area (Å²) in [7, 11) is -3.72. The number of amides is 1. The van der Waals surface area contributed by atoms with Crippen LogP contribution in [0, 0.1) is 0 Å². The average molecular weight is 320 g/mol. The minimum atomic E-state index is -3.72. The van der Waals surface area contributed by atoms with E-state index in [1.807, 2.05) is 6.92 Å². The van der Waals surface area contributed by atoms with Crippen molar-refractivity contribution in [1.82, 2.24) is 0 Å². The number of nitrogens with one attached hydrogen (secondary N) is 1. The van der Waals surface area contributed by atoms with Gasteiger partial charge in [-0.1, -0.05) is 0 Å². The summed E-state index contributed by atoms with van der Waals surface area (Å²) in [5.74, 6) is 0.0553. The highest BCUT2D eigenvalue weighted by Gasteiger charge is 2.14. The van der Waals surface area contributed by atoms with Gasteiger partial charge < -0.3 is 10.5 Å². The van der Waals surface area contributed by atoms with E-state index >= 15 is 0 Å². The van der Waals surface area contributed by atoms with Crippen molar-refractivity contribution in [2.45, 2.75) is 11.8 Å². The number of ether oxygens (including phenoxy) is 1. The monoisotopic (exact) mass is 320 g/mol. The molecule has 1 amide bonds. The summed E-state index contributed by atoms with van der Waals surface area (Å²) < 4.78 is 32.2. The van der Waals surface area contributed by atoms with Gasteiger partial charge in [-0.15, -0.1) is 0 Å². The van der Waals surface area contributed by atoms with Crippen LogP contribution in [0.5, 0.6) is 5.75 Å². The van der Waals surface area contributed by atoms with E-state index < -0.39 is 15.9 Å². The molecule has 2 aromatic carbocycles. The number of anilines is 1. The largest absolute Gasteiger partial charge is 0.494 e. The van der Waals surface area contributed by atoms with Crippen molar-refractivity contribution in [3.8, 4) is 5.75 Å². The van der Waals surface area contributed by atoms with Crippen molar-refractivity contribution < 1.29 is 17.9 Å². The Hall–Kier alpha value is -2.54. The van der Waals surface area contributed by atoms with Crippen LogP contribution in [-0.2, 0) is 10.0 Å². The number of primary amides is 1. The zero-order valence-corrected chi connectivity index (χ0v) is 12.8.